The highest BCUT2D eigenvalue weighted by Crippen LogP contribution is 2.26. The summed E-state index contributed by atoms with van der Waals surface area (Å²) >= 11 is 0. The summed E-state index contributed by atoms with van der Waals surface area (Å²) < 4.78 is 7.26. The van der Waals surface area contributed by atoms with Gasteiger partial charge in [0.25, 0.3) is 5.91 Å². The number of anilines is 1. The van der Waals surface area contributed by atoms with Gasteiger partial charge in [0.2, 0.25) is 0 Å². The van der Waals surface area contributed by atoms with Crippen molar-refractivity contribution in [3.8, 4) is 0 Å². The molecule has 2 aliphatic rings. The molecule has 0 unspecified atom stereocenters. The van der Waals surface area contributed by atoms with Crippen molar-refractivity contribution in [1.29, 1.82) is 0 Å². The van der Waals surface area contributed by atoms with Crippen LogP contribution in [-0.2, 0) is 0 Å². The summed E-state index contributed by atoms with van der Waals surface area (Å²) in [5.41, 5.74) is 1.41. The molecule has 4 rings (SSSR count). The highest BCUT2D eigenvalue weighted by molar-refractivity contribution is 5.96. The van der Waals surface area contributed by atoms with E-state index in [1.54, 1.807) is 29.0 Å². The molecular weight excluding hydrogens is 310 g/mol. The standard InChI is InChI=1S/C16H19N5O3/c1-10-5-14(11(2)24-10)15(22)19-7-13(8-19)21-9-12(6-18-21)20-4-3-17-16(20)23/h5-6,9,13H,3-4,7-8H2,1-2H3,(H,17,23). The lowest BCUT2D eigenvalue weighted by Crippen LogP contribution is -2.50. The van der Waals surface area contributed by atoms with Crippen LogP contribution in [-0.4, -0.2) is 52.8 Å². The van der Waals surface area contributed by atoms with Crippen LogP contribution in [0.4, 0.5) is 10.5 Å². The van der Waals surface area contributed by atoms with Crippen LogP contribution in [0.1, 0.15) is 27.9 Å². The van der Waals surface area contributed by atoms with E-state index in [4.69, 9.17) is 4.42 Å². The van der Waals surface area contributed by atoms with Crippen molar-refractivity contribution in [2.45, 2.75) is 19.9 Å². The summed E-state index contributed by atoms with van der Waals surface area (Å²) in [7, 11) is 0. The number of carbonyl (C=O) groups excluding carboxylic acids is 2. The zero-order chi connectivity index (χ0) is 16.8. The lowest BCUT2D eigenvalue weighted by Gasteiger charge is -2.39. The maximum absolute atomic E-state index is 12.5. The average Bonchev–Trinajstić information content (AvgIpc) is 3.18. The molecule has 0 radical (unpaired) electrons. The van der Waals surface area contributed by atoms with Gasteiger partial charge < -0.3 is 14.6 Å². The average molecular weight is 329 g/mol. The Balaban J connectivity index is 1.41. The Morgan fingerprint density at radius 3 is 2.79 bits per heavy atom. The minimum atomic E-state index is -0.0919. The van der Waals surface area contributed by atoms with E-state index in [9.17, 15) is 9.59 Å². The number of aryl methyl sites for hydroxylation is 2. The van der Waals surface area contributed by atoms with Crippen LogP contribution in [0, 0.1) is 13.8 Å². The SMILES string of the molecule is Cc1cc(C(=O)N2CC(n3cc(N4CCNC4=O)cn3)C2)c(C)o1. The van der Waals surface area contributed by atoms with Crippen LogP contribution >= 0.6 is 0 Å². The molecule has 2 aromatic heterocycles. The molecule has 2 fully saturated rings. The molecule has 2 aliphatic heterocycles. The van der Waals surface area contributed by atoms with Gasteiger partial charge in [-0.1, -0.05) is 0 Å². The Morgan fingerprint density at radius 1 is 1.38 bits per heavy atom. The van der Waals surface area contributed by atoms with Gasteiger partial charge in [-0.15, -0.1) is 0 Å². The van der Waals surface area contributed by atoms with E-state index in [0.29, 0.717) is 37.5 Å². The van der Waals surface area contributed by atoms with Crippen LogP contribution in [0.3, 0.4) is 0 Å². The Hall–Kier alpha value is -2.77. The minimum Gasteiger partial charge on any atom is -0.466 e. The van der Waals surface area contributed by atoms with Crippen LogP contribution in [0.15, 0.2) is 22.9 Å². The van der Waals surface area contributed by atoms with Crippen molar-refractivity contribution < 1.29 is 14.0 Å². The fourth-order valence-corrected chi connectivity index (χ4v) is 3.19. The first kappa shape index (κ1) is 14.8. The van der Waals surface area contributed by atoms with Crippen molar-refractivity contribution in [3.63, 3.8) is 0 Å². The van der Waals surface area contributed by atoms with E-state index < -0.39 is 0 Å². The van der Waals surface area contributed by atoms with Crippen molar-refractivity contribution in [2.24, 2.45) is 0 Å². The number of nitrogens with one attached hydrogen (secondary N) is 1. The van der Waals surface area contributed by atoms with Crippen molar-refractivity contribution in [1.82, 2.24) is 20.0 Å². The van der Waals surface area contributed by atoms with Gasteiger partial charge in [-0.3, -0.25) is 14.4 Å². The number of hydrogen-bond donors (Lipinski definition) is 1. The molecule has 2 saturated heterocycles. The number of rotatable bonds is 3. The third kappa shape index (κ3) is 2.34. The van der Waals surface area contributed by atoms with Crippen molar-refractivity contribution in [3.05, 3.63) is 35.5 Å². The molecule has 8 nitrogen and oxygen atoms in total. The van der Waals surface area contributed by atoms with Gasteiger partial charge in [0.05, 0.1) is 23.5 Å². The number of urea groups is 1. The first-order valence-electron chi connectivity index (χ1n) is 7.99. The van der Waals surface area contributed by atoms with Gasteiger partial charge in [-0.2, -0.15) is 5.10 Å². The molecular formula is C16H19N5O3. The fraction of sp³-hybridized carbons (Fsp3) is 0.438. The third-order valence-electron chi connectivity index (χ3n) is 4.55. The highest BCUT2D eigenvalue weighted by atomic mass is 16.3. The quantitative estimate of drug-likeness (QED) is 0.920. The van der Waals surface area contributed by atoms with Gasteiger partial charge in [-0.25, -0.2) is 4.79 Å². The Kier molecular flexibility index (Phi) is 3.33. The predicted octanol–water partition coefficient (Wildman–Crippen LogP) is 1.32. The van der Waals surface area contributed by atoms with Gasteiger partial charge in [0.15, 0.2) is 0 Å². The molecule has 0 aliphatic carbocycles. The molecule has 2 aromatic rings. The fourth-order valence-electron chi connectivity index (χ4n) is 3.19. The zero-order valence-electron chi connectivity index (χ0n) is 13.7. The third-order valence-corrected chi connectivity index (χ3v) is 4.55. The molecule has 0 saturated carbocycles. The van der Waals surface area contributed by atoms with Gasteiger partial charge in [0, 0.05) is 32.4 Å². The molecule has 4 heterocycles. The second kappa shape index (κ2) is 5.40. The van der Waals surface area contributed by atoms with E-state index in [1.165, 1.54) is 0 Å². The normalized spacial score (nSPS) is 18.0. The Morgan fingerprint density at radius 2 is 2.17 bits per heavy atom. The number of nitrogens with zero attached hydrogens (tertiary/aromatic N) is 4. The summed E-state index contributed by atoms with van der Waals surface area (Å²) in [6.07, 6.45) is 3.56. The Labute approximate surface area is 139 Å². The Bertz CT molecular complexity index is 802. The lowest BCUT2D eigenvalue weighted by molar-refractivity contribution is 0.0500. The summed E-state index contributed by atoms with van der Waals surface area (Å²) in [5.74, 6) is 1.39. The number of aromatic nitrogens is 2. The smallest absolute Gasteiger partial charge is 0.322 e. The molecule has 8 heteroatoms. The van der Waals surface area contributed by atoms with Crippen LogP contribution in [0.5, 0.6) is 0 Å². The second-order valence-corrected chi connectivity index (χ2v) is 6.25. The van der Waals surface area contributed by atoms with E-state index in [2.05, 4.69) is 10.4 Å². The number of likely N-dealkylation sites (tertiary alicyclic amines) is 1. The van der Waals surface area contributed by atoms with Gasteiger partial charge >= 0.3 is 6.03 Å². The molecule has 0 aromatic carbocycles. The molecule has 126 valence electrons. The summed E-state index contributed by atoms with van der Waals surface area (Å²) in [5, 5.41) is 7.11. The molecule has 3 amide bonds. The number of furan rings is 1. The summed E-state index contributed by atoms with van der Waals surface area (Å²) in [4.78, 5) is 27.6. The van der Waals surface area contributed by atoms with Crippen LogP contribution < -0.4 is 10.2 Å². The first-order chi connectivity index (χ1) is 11.5. The second-order valence-electron chi connectivity index (χ2n) is 6.25. The largest absolute Gasteiger partial charge is 0.466 e. The number of carbonyl (C=O) groups is 2. The zero-order valence-corrected chi connectivity index (χ0v) is 13.7. The van der Waals surface area contributed by atoms with E-state index in [1.807, 2.05) is 17.8 Å². The van der Waals surface area contributed by atoms with Gasteiger partial charge in [0.1, 0.15) is 11.5 Å². The first-order valence-corrected chi connectivity index (χ1v) is 7.99. The highest BCUT2D eigenvalue weighted by Gasteiger charge is 2.35. The molecule has 24 heavy (non-hydrogen) atoms. The molecule has 0 spiro atoms. The molecule has 0 atom stereocenters. The van der Waals surface area contributed by atoms with E-state index in [0.717, 1.165) is 11.4 Å². The van der Waals surface area contributed by atoms with Crippen molar-refractivity contribution in [2.75, 3.05) is 31.1 Å². The van der Waals surface area contributed by atoms with Crippen molar-refractivity contribution >= 4 is 17.6 Å². The predicted molar refractivity (Wildman–Crippen MR) is 86.1 cm³/mol. The molecule has 0 bridgehead atoms. The number of hydrogen-bond acceptors (Lipinski definition) is 4. The van der Waals surface area contributed by atoms with E-state index >= 15 is 0 Å². The topological polar surface area (TPSA) is 83.6 Å². The minimum absolute atomic E-state index is 0.00750. The van der Waals surface area contributed by atoms with Gasteiger partial charge in [-0.05, 0) is 19.9 Å². The van der Waals surface area contributed by atoms with Crippen LogP contribution in [0.2, 0.25) is 0 Å². The number of amides is 3. The summed E-state index contributed by atoms with van der Waals surface area (Å²) in [6.45, 7) is 6.16. The van der Waals surface area contributed by atoms with Crippen LogP contribution in [0.25, 0.3) is 0 Å². The molecule has 1 N–H and O–H groups in total. The lowest BCUT2D eigenvalue weighted by atomic mass is 10.1. The monoisotopic (exact) mass is 329 g/mol. The van der Waals surface area contributed by atoms with E-state index in [-0.39, 0.29) is 18.0 Å². The summed E-state index contributed by atoms with van der Waals surface area (Å²) in [6, 6.07) is 1.83. The maximum atomic E-state index is 12.5. The maximum Gasteiger partial charge on any atom is 0.322 e.